The number of nitrogens with one attached hydrogen (secondary N) is 2. The number of rotatable bonds is 4. The zero-order chi connectivity index (χ0) is 14.6. The molecule has 0 radical (unpaired) electrons. The maximum Gasteiger partial charge on any atom is 0.226 e. The lowest BCUT2D eigenvalue weighted by atomic mass is 9.84. The van der Waals surface area contributed by atoms with Crippen LogP contribution in [0.5, 0.6) is 0 Å². The average molecular weight is 311 g/mol. The van der Waals surface area contributed by atoms with Crippen molar-refractivity contribution >= 4 is 18.3 Å². The summed E-state index contributed by atoms with van der Waals surface area (Å²) in [4.78, 5) is 12.5. The first-order chi connectivity index (χ1) is 9.49. The molecule has 0 bridgehead atoms. The molecule has 21 heavy (non-hydrogen) atoms. The van der Waals surface area contributed by atoms with Crippen LogP contribution in [-0.4, -0.2) is 24.5 Å². The van der Waals surface area contributed by atoms with Crippen molar-refractivity contribution in [2.24, 2.45) is 5.41 Å². The predicted molar refractivity (Wildman–Crippen MR) is 89.8 cm³/mol. The van der Waals surface area contributed by atoms with Gasteiger partial charge in [0.15, 0.2) is 0 Å². The highest BCUT2D eigenvalue weighted by Crippen LogP contribution is 2.23. The van der Waals surface area contributed by atoms with E-state index >= 15 is 0 Å². The molecule has 2 rings (SSSR count). The third kappa shape index (κ3) is 5.01. The Bertz CT molecular complexity index is 447. The van der Waals surface area contributed by atoms with E-state index in [1.165, 1.54) is 5.56 Å². The lowest BCUT2D eigenvalue weighted by Crippen LogP contribution is -2.54. The van der Waals surface area contributed by atoms with Crippen molar-refractivity contribution in [3.05, 3.63) is 35.9 Å². The number of hydrogen-bond acceptors (Lipinski definition) is 2. The zero-order valence-corrected chi connectivity index (χ0v) is 14.0. The van der Waals surface area contributed by atoms with Crippen LogP contribution < -0.4 is 10.6 Å². The quantitative estimate of drug-likeness (QED) is 0.898. The van der Waals surface area contributed by atoms with E-state index in [-0.39, 0.29) is 29.8 Å². The van der Waals surface area contributed by atoms with Crippen molar-refractivity contribution in [1.82, 2.24) is 10.6 Å². The Balaban J connectivity index is 0.00000220. The molecule has 118 valence electrons. The summed E-state index contributed by atoms with van der Waals surface area (Å²) in [6.45, 7) is 7.25. The van der Waals surface area contributed by atoms with E-state index in [4.69, 9.17) is 0 Å². The summed E-state index contributed by atoms with van der Waals surface area (Å²) in [5.41, 5.74) is 0.834. The summed E-state index contributed by atoms with van der Waals surface area (Å²) >= 11 is 0. The van der Waals surface area contributed by atoms with Gasteiger partial charge in [-0.15, -0.1) is 12.4 Å². The van der Waals surface area contributed by atoms with Crippen LogP contribution >= 0.6 is 12.4 Å². The minimum absolute atomic E-state index is 0. The maximum atomic E-state index is 12.5. The lowest BCUT2D eigenvalue weighted by Gasteiger charge is -2.34. The predicted octanol–water partition coefficient (Wildman–Crippen LogP) is 2.93. The molecule has 2 N–H and O–H groups in total. The van der Waals surface area contributed by atoms with Gasteiger partial charge in [0.25, 0.3) is 0 Å². The van der Waals surface area contributed by atoms with E-state index in [2.05, 4.69) is 29.7 Å². The molecule has 3 nitrogen and oxygen atoms in total. The fraction of sp³-hybridized carbons (Fsp3) is 0.588. The monoisotopic (exact) mass is 310 g/mol. The van der Waals surface area contributed by atoms with Gasteiger partial charge in [-0.05, 0) is 38.3 Å². The van der Waals surface area contributed by atoms with Crippen molar-refractivity contribution in [2.45, 2.75) is 52.1 Å². The summed E-state index contributed by atoms with van der Waals surface area (Å²) in [6.07, 6.45) is 2.98. The normalized spacial score (nSPS) is 22.2. The number of carbonyl (C=O) groups is 1. The first-order valence-corrected chi connectivity index (χ1v) is 7.57. The molecular weight excluding hydrogens is 284 g/mol. The topological polar surface area (TPSA) is 41.1 Å². The highest BCUT2D eigenvalue weighted by molar-refractivity contribution is 5.85. The number of halogens is 1. The van der Waals surface area contributed by atoms with Crippen LogP contribution in [0.4, 0.5) is 0 Å². The second-order valence-electron chi connectivity index (χ2n) is 6.51. The van der Waals surface area contributed by atoms with Gasteiger partial charge in [0.05, 0.1) is 0 Å². The van der Waals surface area contributed by atoms with Gasteiger partial charge in [-0.1, -0.05) is 44.2 Å². The minimum atomic E-state index is -0.376. The number of carbonyl (C=O) groups excluding carboxylic acids is 1. The van der Waals surface area contributed by atoms with E-state index in [0.717, 1.165) is 25.8 Å². The third-order valence-corrected chi connectivity index (χ3v) is 4.18. The Labute approximate surface area is 134 Å². The summed E-state index contributed by atoms with van der Waals surface area (Å²) in [5.74, 6) is 0.155. The summed E-state index contributed by atoms with van der Waals surface area (Å²) in [5, 5.41) is 6.65. The molecule has 1 saturated heterocycles. The smallest absolute Gasteiger partial charge is 0.226 e. The molecule has 2 unspecified atom stereocenters. The molecule has 0 saturated carbocycles. The first kappa shape index (κ1) is 18.0. The van der Waals surface area contributed by atoms with E-state index in [1.54, 1.807) is 0 Å². The number of benzene rings is 1. The highest BCUT2D eigenvalue weighted by Gasteiger charge is 2.31. The van der Waals surface area contributed by atoms with Gasteiger partial charge in [-0.2, -0.15) is 0 Å². The van der Waals surface area contributed by atoms with Crippen LogP contribution in [0, 0.1) is 5.41 Å². The Kier molecular flexibility index (Phi) is 6.69. The Hall–Kier alpha value is -1.06. The molecule has 1 aliphatic heterocycles. The molecular formula is C17H27ClN2O. The number of hydrogen-bond donors (Lipinski definition) is 2. The van der Waals surface area contributed by atoms with E-state index in [1.807, 2.05) is 32.0 Å². The summed E-state index contributed by atoms with van der Waals surface area (Å²) < 4.78 is 0. The highest BCUT2D eigenvalue weighted by atomic mass is 35.5. The van der Waals surface area contributed by atoms with Crippen molar-refractivity contribution in [2.75, 3.05) is 6.54 Å². The molecule has 2 atom stereocenters. The van der Waals surface area contributed by atoms with E-state index in [0.29, 0.717) is 6.04 Å². The SMILES string of the molecule is CC1NCCCC1NC(=O)C(C)(C)Cc1ccccc1.Cl. The largest absolute Gasteiger partial charge is 0.351 e. The van der Waals surface area contributed by atoms with Crippen molar-refractivity contribution in [3.63, 3.8) is 0 Å². The van der Waals surface area contributed by atoms with Crippen LogP contribution in [0.2, 0.25) is 0 Å². The molecule has 4 heteroatoms. The maximum absolute atomic E-state index is 12.5. The molecule has 1 aromatic carbocycles. The van der Waals surface area contributed by atoms with Crippen molar-refractivity contribution in [3.8, 4) is 0 Å². The molecule has 1 fully saturated rings. The van der Waals surface area contributed by atoms with Crippen molar-refractivity contribution in [1.29, 1.82) is 0 Å². The fourth-order valence-electron chi connectivity index (χ4n) is 2.79. The van der Waals surface area contributed by atoms with E-state index < -0.39 is 0 Å². The van der Waals surface area contributed by atoms with Crippen LogP contribution in [0.3, 0.4) is 0 Å². The third-order valence-electron chi connectivity index (χ3n) is 4.18. The van der Waals surface area contributed by atoms with Gasteiger partial charge in [0.1, 0.15) is 0 Å². The van der Waals surface area contributed by atoms with Gasteiger partial charge in [0.2, 0.25) is 5.91 Å². The van der Waals surface area contributed by atoms with Crippen LogP contribution in [-0.2, 0) is 11.2 Å². The number of amides is 1. The molecule has 0 spiro atoms. The molecule has 0 aliphatic carbocycles. The van der Waals surface area contributed by atoms with Gasteiger partial charge in [-0.3, -0.25) is 4.79 Å². The second kappa shape index (κ2) is 7.81. The molecule has 1 heterocycles. The standard InChI is InChI=1S/C17H26N2O.ClH/c1-13-15(10-7-11-18-13)19-16(20)17(2,3)12-14-8-5-4-6-9-14;/h4-6,8-9,13,15,18H,7,10-12H2,1-3H3,(H,19,20);1H. The average Bonchev–Trinajstić information content (AvgIpc) is 2.42. The molecule has 1 amide bonds. The lowest BCUT2D eigenvalue weighted by molar-refractivity contribution is -0.130. The van der Waals surface area contributed by atoms with E-state index in [9.17, 15) is 4.79 Å². The zero-order valence-electron chi connectivity index (χ0n) is 13.2. The summed E-state index contributed by atoms with van der Waals surface area (Å²) in [6, 6.07) is 10.8. The second-order valence-corrected chi connectivity index (χ2v) is 6.51. The van der Waals surface area contributed by atoms with Crippen molar-refractivity contribution < 1.29 is 4.79 Å². The summed E-state index contributed by atoms with van der Waals surface area (Å²) in [7, 11) is 0. The van der Waals surface area contributed by atoms with Gasteiger partial charge in [0, 0.05) is 17.5 Å². The Morgan fingerprint density at radius 2 is 2.00 bits per heavy atom. The molecule has 0 aromatic heterocycles. The van der Waals surface area contributed by atoms with Gasteiger partial charge in [-0.25, -0.2) is 0 Å². The Morgan fingerprint density at radius 1 is 1.33 bits per heavy atom. The van der Waals surface area contributed by atoms with Gasteiger partial charge >= 0.3 is 0 Å². The fourth-order valence-corrected chi connectivity index (χ4v) is 2.79. The number of piperidine rings is 1. The molecule has 1 aliphatic rings. The Morgan fingerprint density at radius 3 is 2.62 bits per heavy atom. The first-order valence-electron chi connectivity index (χ1n) is 7.57. The minimum Gasteiger partial charge on any atom is -0.351 e. The molecule has 1 aromatic rings. The van der Waals surface area contributed by atoms with Crippen LogP contribution in [0.15, 0.2) is 30.3 Å². The van der Waals surface area contributed by atoms with Crippen LogP contribution in [0.25, 0.3) is 0 Å². The van der Waals surface area contributed by atoms with Gasteiger partial charge < -0.3 is 10.6 Å². The van der Waals surface area contributed by atoms with Crippen LogP contribution in [0.1, 0.15) is 39.2 Å².